The molecule has 0 aliphatic rings. The smallest absolute Gasteiger partial charge is 0.305 e. The number of benzene rings is 2. The lowest BCUT2D eigenvalue weighted by Crippen LogP contribution is -2.11. The van der Waals surface area contributed by atoms with Gasteiger partial charge in [0.25, 0.3) is 0 Å². The molecule has 3 rings (SSSR count). The summed E-state index contributed by atoms with van der Waals surface area (Å²) in [7, 11) is 0. The average Bonchev–Trinajstić information content (AvgIpc) is 3.34. The maximum absolute atomic E-state index is 13.0. The highest BCUT2D eigenvalue weighted by Gasteiger charge is 2.14. The van der Waals surface area contributed by atoms with Crippen molar-refractivity contribution in [2.75, 3.05) is 18.5 Å². The number of nitrogens with one attached hydrogen (secondary N) is 1. The fourth-order valence-electron chi connectivity index (χ4n) is 4.82. The lowest BCUT2D eigenvalue weighted by molar-refractivity contribution is -0.143. The SMILES string of the molecule is CCCC(CCC)n1ccc2cc(/C(=C/C(=O)Nc3ccccc3OCCCC(=O)OCC)CC)ccc21. The molecular weight excluding hydrogens is 476 g/mol. The van der Waals surface area contributed by atoms with Crippen molar-refractivity contribution in [1.82, 2.24) is 4.57 Å². The Morgan fingerprint density at radius 3 is 2.47 bits per heavy atom. The number of carbonyl (C=O) groups excluding carboxylic acids is 2. The van der Waals surface area contributed by atoms with Crippen molar-refractivity contribution in [3.63, 3.8) is 0 Å². The monoisotopic (exact) mass is 518 g/mol. The molecule has 0 saturated heterocycles. The minimum atomic E-state index is -0.230. The van der Waals surface area contributed by atoms with Gasteiger partial charge in [-0.2, -0.15) is 0 Å². The second-order valence-corrected chi connectivity index (χ2v) is 9.49. The number of esters is 1. The maximum atomic E-state index is 13.0. The topological polar surface area (TPSA) is 69.6 Å². The number of hydrogen-bond acceptors (Lipinski definition) is 4. The number of ether oxygens (including phenoxy) is 2. The Hall–Kier alpha value is -3.54. The summed E-state index contributed by atoms with van der Waals surface area (Å²) >= 11 is 0. The standard InChI is InChI=1S/C32H42N2O4/c1-5-12-27(13-6-2)34-20-19-26-22-25(17-18-29(26)34)24(7-3)23-31(35)33-28-14-9-10-15-30(28)38-21-11-16-32(36)37-8-4/h9-10,14-15,17-20,22-23,27H,5-8,11-13,16,21H2,1-4H3,(H,33,35)/b24-23+. The van der Waals surface area contributed by atoms with E-state index in [-0.39, 0.29) is 11.9 Å². The largest absolute Gasteiger partial charge is 0.491 e. The summed E-state index contributed by atoms with van der Waals surface area (Å²) < 4.78 is 13.2. The zero-order chi connectivity index (χ0) is 27.3. The van der Waals surface area contributed by atoms with E-state index in [9.17, 15) is 9.59 Å². The molecule has 0 aliphatic carbocycles. The molecule has 0 bridgehead atoms. The number of para-hydroxylation sites is 2. The first-order chi connectivity index (χ1) is 18.5. The number of amides is 1. The Labute approximate surface area is 227 Å². The van der Waals surface area contributed by atoms with Crippen molar-refractivity contribution in [1.29, 1.82) is 0 Å². The molecule has 1 amide bonds. The molecule has 6 nitrogen and oxygen atoms in total. The Kier molecular flexibility index (Phi) is 11.5. The highest BCUT2D eigenvalue weighted by atomic mass is 16.5. The van der Waals surface area contributed by atoms with Gasteiger partial charge in [0.1, 0.15) is 5.75 Å². The molecule has 3 aromatic rings. The first kappa shape index (κ1) is 29.0. The van der Waals surface area contributed by atoms with Gasteiger partial charge >= 0.3 is 5.97 Å². The Morgan fingerprint density at radius 1 is 1.00 bits per heavy atom. The fourth-order valence-corrected chi connectivity index (χ4v) is 4.82. The van der Waals surface area contributed by atoms with Crippen LogP contribution in [0.4, 0.5) is 5.69 Å². The van der Waals surface area contributed by atoms with E-state index in [0.717, 1.165) is 17.6 Å². The van der Waals surface area contributed by atoms with Crippen LogP contribution in [0.3, 0.4) is 0 Å². The zero-order valence-electron chi connectivity index (χ0n) is 23.3. The summed E-state index contributed by atoms with van der Waals surface area (Å²) in [5.74, 6) is 0.145. The summed E-state index contributed by atoms with van der Waals surface area (Å²) in [5, 5.41) is 4.16. The van der Waals surface area contributed by atoms with Crippen LogP contribution >= 0.6 is 0 Å². The number of aromatic nitrogens is 1. The summed E-state index contributed by atoms with van der Waals surface area (Å²) in [5.41, 5.74) is 3.88. The minimum Gasteiger partial charge on any atom is -0.491 e. The molecule has 1 aromatic heterocycles. The predicted molar refractivity (Wildman–Crippen MR) is 155 cm³/mol. The molecule has 6 heteroatoms. The van der Waals surface area contributed by atoms with E-state index in [0.29, 0.717) is 43.5 Å². The van der Waals surface area contributed by atoms with Crippen molar-refractivity contribution >= 4 is 34.0 Å². The fraction of sp³-hybridized carbons (Fsp3) is 0.438. The summed E-state index contributed by atoms with van der Waals surface area (Å²) in [6, 6.07) is 16.5. The van der Waals surface area contributed by atoms with Gasteiger partial charge in [0.05, 0.1) is 18.9 Å². The van der Waals surface area contributed by atoms with Gasteiger partial charge in [-0.1, -0.05) is 51.8 Å². The van der Waals surface area contributed by atoms with Crippen LogP contribution in [0.2, 0.25) is 0 Å². The zero-order valence-corrected chi connectivity index (χ0v) is 23.3. The second kappa shape index (κ2) is 15.0. The van der Waals surface area contributed by atoms with E-state index >= 15 is 0 Å². The van der Waals surface area contributed by atoms with Crippen LogP contribution in [0.15, 0.2) is 60.8 Å². The van der Waals surface area contributed by atoms with Gasteiger partial charge in [-0.25, -0.2) is 0 Å². The van der Waals surface area contributed by atoms with Crippen LogP contribution in [-0.4, -0.2) is 29.7 Å². The van der Waals surface area contributed by atoms with Crippen molar-refractivity contribution in [3.05, 3.63) is 66.4 Å². The number of carbonyl (C=O) groups is 2. The van der Waals surface area contributed by atoms with E-state index in [4.69, 9.17) is 9.47 Å². The van der Waals surface area contributed by atoms with Gasteiger partial charge in [0.15, 0.2) is 0 Å². The summed E-state index contributed by atoms with van der Waals surface area (Å²) in [4.78, 5) is 24.5. The molecule has 0 radical (unpaired) electrons. The predicted octanol–water partition coefficient (Wildman–Crippen LogP) is 7.94. The molecule has 1 heterocycles. The molecule has 0 spiro atoms. The normalized spacial score (nSPS) is 11.7. The Morgan fingerprint density at radius 2 is 1.76 bits per heavy atom. The quantitative estimate of drug-likeness (QED) is 0.126. The highest BCUT2D eigenvalue weighted by Crippen LogP contribution is 2.30. The first-order valence-corrected chi connectivity index (χ1v) is 14.0. The Bertz CT molecular complexity index is 1220. The lowest BCUT2D eigenvalue weighted by atomic mass is 10.0. The van der Waals surface area contributed by atoms with E-state index in [2.05, 4.69) is 61.1 Å². The molecule has 0 unspecified atom stereocenters. The number of allylic oxidation sites excluding steroid dienone is 1. The molecule has 0 fully saturated rings. The molecule has 0 atom stereocenters. The van der Waals surface area contributed by atoms with Crippen LogP contribution in [0.25, 0.3) is 16.5 Å². The Balaban J connectivity index is 1.71. The third-order valence-corrected chi connectivity index (χ3v) is 6.65. The van der Waals surface area contributed by atoms with Crippen LogP contribution in [0.1, 0.15) is 84.2 Å². The van der Waals surface area contributed by atoms with Gasteiger partial charge in [0, 0.05) is 35.6 Å². The van der Waals surface area contributed by atoms with Gasteiger partial charge in [0.2, 0.25) is 5.91 Å². The van der Waals surface area contributed by atoms with Crippen molar-refractivity contribution in [3.8, 4) is 5.75 Å². The second-order valence-electron chi connectivity index (χ2n) is 9.49. The van der Waals surface area contributed by atoms with E-state index in [1.165, 1.54) is 36.6 Å². The van der Waals surface area contributed by atoms with Crippen LogP contribution in [-0.2, 0) is 14.3 Å². The molecule has 2 aromatic carbocycles. The minimum absolute atomic E-state index is 0.201. The van der Waals surface area contributed by atoms with Crippen LogP contribution in [0, 0.1) is 0 Å². The van der Waals surface area contributed by atoms with E-state index in [1.807, 2.05) is 24.3 Å². The molecule has 1 N–H and O–H groups in total. The van der Waals surface area contributed by atoms with Crippen molar-refractivity contribution in [2.45, 2.75) is 78.7 Å². The third kappa shape index (κ3) is 7.98. The lowest BCUT2D eigenvalue weighted by Gasteiger charge is -2.19. The van der Waals surface area contributed by atoms with Gasteiger partial charge in [-0.05, 0) is 74.1 Å². The molecule has 38 heavy (non-hydrogen) atoms. The average molecular weight is 519 g/mol. The van der Waals surface area contributed by atoms with Gasteiger partial charge < -0.3 is 19.4 Å². The number of anilines is 1. The molecular formula is C32H42N2O4. The van der Waals surface area contributed by atoms with Gasteiger partial charge in [-0.3, -0.25) is 9.59 Å². The van der Waals surface area contributed by atoms with Gasteiger partial charge in [-0.15, -0.1) is 0 Å². The van der Waals surface area contributed by atoms with E-state index in [1.54, 1.807) is 13.0 Å². The van der Waals surface area contributed by atoms with Crippen LogP contribution in [0.5, 0.6) is 5.75 Å². The highest BCUT2D eigenvalue weighted by molar-refractivity contribution is 6.05. The number of nitrogens with zero attached hydrogens (tertiary/aromatic N) is 1. The number of rotatable bonds is 15. The third-order valence-electron chi connectivity index (χ3n) is 6.65. The number of fused-ring (bicyclic) bond motifs is 1. The molecule has 0 aliphatic heterocycles. The van der Waals surface area contributed by atoms with E-state index < -0.39 is 0 Å². The maximum Gasteiger partial charge on any atom is 0.305 e. The summed E-state index contributed by atoms with van der Waals surface area (Å²) in [6.07, 6.45) is 10.2. The van der Waals surface area contributed by atoms with Crippen LogP contribution < -0.4 is 10.1 Å². The van der Waals surface area contributed by atoms with Crippen molar-refractivity contribution < 1.29 is 19.1 Å². The molecule has 204 valence electrons. The van der Waals surface area contributed by atoms with Crippen molar-refractivity contribution in [2.24, 2.45) is 0 Å². The summed E-state index contributed by atoms with van der Waals surface area (Å²) in [6.45, 7) is 9.07. The molecule has 0 saturated carbocycles. The first-order valence-electron chi connectivity index (χ1n) is 14.0. The number of hydrogen-bond donors (Lipinski definition) is 1.